The van der Waals surface area contributed by atoms with Crippen LogP contribution in [0.1, 0.15) is 32.8 Å². The molecule has 0 fully saturated rings. The fourth-order valence-corrected chi connectivity index (χ4v) is 3.44. The average Bonchev–Trinajstić information content (AvgIpc) is 2.88. The number of hydrogen-bond acceptors (Lipinski definition) is 4. The van der Waals surface area contributed by atoms with Gasteiger partial charge in [0.15, 0.2) is 5.69 Å². The zero-order chi connectivity index (χ0) is 19.6. The Kier molecular flexibility index (Phi) is 5.56. The zero-order valence-corrected chi connectivity index (χ0v) is 17.3. The van der Waals surface area contributed by atoms with Crippen LogP contribution in [-0.2, 0) is 12.0 Å². The van der Waals surface area contributed by atoms with Gasteiger partial charge in [0.1, 0.15) is 5.75 Å². The molecule has 0 radical (unpaired) electrons. The smallest absolute Gasteiger partial charge is 0.222 e. The molecule has 1 N–H and O–H groups in total. The van der Waals surface area contributed by atoms with Crippen molar-refractivity contribution < 1.29 is 9.84 Å². The molecular formula is C21H23BrN2O3. The Labute approximate surface area is 167 Å². The highest BCUT2D eigenvalue weighted by atomic mass is 79.9. The Morgan fingerprint density at radius 2 is 1.85 bits per heavy atom. The van der Waals surface area contributed by atoms with Gasteiger partial charge in [-0.15, -0.1) is 4.91 Å². The molecule has 0 amide bonds. The summed E-state index contributed by atoms with van der Waals surface area (Å²) in [7, 11) is 0. The number of fused-ring (bicyclic) bond motifs is 1. The fourth-order valence-electron chi connectivity index (χ4n) is 3.08. The normalized spacial score (nSPS) is 11.7. The molecular weight excluding hydrogens is 408 g/mol. The van der Waals surface area contributed by atoms with Crippen LogP contribution in [0.3, 0.4) is 0 Å². The predicted molar refractivity (Wildman–Crippen MR) is 112 cm³/mol. The van der Waals surface area contributed by atoms with Gasteiger partial charge in [-0.3, -0.25) is 0 Å². The first-order valence-electron chi connectivity index (χ1n) is 8.88. The number of nitroso groups, excluding NO2 is 1. The number of benzene rings is 2. The van der Waals surface area contributed by atoms with E-state index in [1.165, 1.54) is 5.56 Å². The third-order valence-electron chi connectivity index (χ3n) is 4.58. The molecule has 0 aliphatic heterocycles. The van der Waals surface area contributed by atoms with E-state index in [1.807, 2.05) is 24.3 Å². The number of aromatic hydroxyl groups is 1. The molecule has 2 aromatic carbocycles. The molecule has 1 aromatic heterocycles. The second-order valence-electron chi connectivity index (χ2n) is 7.55. The Morgan fingerprint density at radius 3 is 2.48 bits per heavy atom. The van der Waals surface area contributed by atoms with Crippen molar-refractivity contribution in [2.45, 2.75) is 39.2 Å². The summed E-state index contributed by atoms with van der Waals surface area (Å²) in [5.41, 5.74) is 2.23. The predicted octanol–water partition coefficient (Wildman–Crippen LogP) is 6.27. The molecule has 27 heavy (non-hydrogen) atoms. The minimum atomic E-state index is -0.104. The number of ether oxygens (including phenoxy) is 1. The lowest BCUT2D eigenvalue weighted by molar-refractivity contribution is 0.298. The van der Waals surface area contributed by atoms with Crippen molar-refractivity contribution in [3.8, 4) is 11.6 Å². The molecule has 0 aliphatic carbocycles. The highest BCUT2D eigenvalue weighted by Crippen LogP contribution is 2.39. The van der Waals surface area contributed by atoms with Gasteiger partial charge in [0, 0.05) is 16.4 Å². The van der Waals surface area contributed by atoms with Gasteiger partial charge in [0.25, 0.3) is 0 Å². The Bertz CT molecular complexity index is 956. The van der Waals surface area contributed by atoms with Crippen molar-refractivity contribution in [1.29, 1.82) is 0 Å². The highest BCUT2D eigenvalue weighted by molar-refractivity contribution is 9.10. The number of aryl methyl sites for hydroxylation is 1. The van der Waals surface area contributed by atoms with Crippen LogP contribution in [0, 0.1) is 4.91 Å². The lowest BCUT2D eigenvalue weighted by Gasteiger charge is -2.19. The summed E-state index contributed by atoms with van der Waals surface area (Å²) in [5, 5.41) is 14.0. The molecule has 0 aliphatic rings. The molecule has 0 saturated carbocycles. The van der Waals surface area contributed by atoms with Gasteiger partial charge >= 0.3 is 0 Å². The lowest BCUT2D eigenvalue weighted by Crippen LogP contribution is -2.10. The Hall–Kier alpha value is -2.34. The van der Waals surface area contributed by atoms with E-state index >= 15 is 0 Å². The first-order chi connectivity index (χ1) is 12.8. The van der Waals surface area contributed by atoms with Crippen molar-refractivity contribution in [2.75, 3.05) is 6.61 Å². The van der Waals surface area contributed by atoms with Crippen LogP contribution in [0.5, 0.6) is 11.6 Å². The Balaban J connectivity index is 1.66. The van der Waals surface area contributed by atoms with Crippen molar-refractivity contribution >= 4 is 32.5 Å². The molecule has 0 spiro atoms. The molecule has 142 valence electrons. The summed E-state index contributed by atoms with van der Waals surface area (Å²) in [5.74, 6) is 0.719. The van der Waals surface area contributed by atoms with Gasteiger partial charge in [-0.2, -0.15) is 0 Å². The van der Waals surface area contributed by atoms with Crippen LogP contribution in [0.4, 0.5) is 5.69 Å². The molecule has 1 heterocycles. The zero-order valence-electron chi connectivity index (χ0n) is 15.7. The van der Waals surface area contributed by atoms with Crippen LogP contribution >= 0.6 is 15.9 Å². The SMILES string of the molecule is CC(C)(C)c1ccc(OCCCn2c(O)c(N=O)c3cc(Br)ccc32)cc1. The maximum absolute atomic E-state index is 11.1. The molecule has 0 atom stereocenters. The first-order valence-corrected chi connectivity index (χ1v) is 9.68. The average molecular weight is 431 g/mol. The van der Waals surface area contributed by atoms with Gasteiger partial charge in [0.2, 0.25) is 5.88 Å². The summed E-state index contributed by atoms with van der Waals surface area (Å²) in [6.07, 6.45) is 0.687. The minimum Gasteiger partial charge on any atom is -0.494 e. The molecule has 0 saturated heterocycles. The van der Waals surface area contributed by atoms with Gasteiger partial charge in [-0.25, -0.2) is 0 Å². The number of rotatable bonds is 6. The number of hydrogen-bond donors (Lipinski definition) is 1. The van der Waals surface area contributed by atoms with Crippen LogP contribution in [-0.4, -0.2) is 16.3 Å². The first kappa shape index (κ1) is 19.4. The molecule has 3 aromatic rings. The van der Waals surface area contributed by atoms with Crippen molar-refractivity contribution in [3.63, 3.8) is 0 Å². The number of halogens is 1. The quantitative estimate of drug-likeness (QED) is 0.369. The van der Waals surface area contributed by atoms with Crippen molar-refractivity contribution in [2.24, 2.45) is 5.18 Å². The van der Waals surface area contributed by atoms with E-state index in [-0.39, 0.29) is 17.0 Å². The van der Waals surface area contributed by atoms with Gasteiger partial charge in [-0.1, -0.05) is 48.8 Å². The van der Waals surface area contributed by atoms with E-state index in [0.717, 1.165) is 15.7 Å². The molecule has 3 rings (SSSR count). The van der Waals surface area contributed by atoms with E-state index < -0.39 is 0 Å². The molecule has 0 bridgehead atoms. The van der Waals surface area contributed by atoms with Crippen LogP contribution in [0.15, 0.2) is 52.1 Å². The monoisotopic (exact) mass is 430 g/mol. The fraction of sp³-hybridized carbons (Fsp3) is 0.333. The summed E-state index contributed by atoms with van der Waals surface area (Å²) < 4.78 is 8.34. The van der Waals surface area contributed by atoms with Crippen LogP contribution < -0.4 is 4.74 Å². The summed E-state index contributed by atoms with van der Waals surface area (Å²) in [6, 6.07) is 13.7. The third kappa shape index (κ3) is 4.16. The summed E-state index contributed by atoms with van der Waals surface area (Å²) in [4.78, 5) is 11.1. The standard InChI is InChI=1S/C21H23BrN2O3/c1-21(2,3)14-5-8-16(9-6-14)27-12-4-11-24-18-10-7-15(22)13-17(18)19(23-26)20(24)25/h5-10,13,25H,4,11-12H2,1-3H3. The van der Waals surface area contributed by atoms with E-state index in [2.05, 4.69) is 54.0 Å². The summed E-state index contributed by atoms with van der Waals surface area (Å²) >= 11 is 3.38. The van der Waals surface area contributed by atoms with E-state index in [9.17, 15) is 10.0 Å². The van der Waals surface area contributed by atoms with Crippen LogP contribution in [0.2, 0.25) is 0 Å². The van der Waals surface area contributed by atoms with Gasteiger partial charge < -0.3 is 14.4 Å². The maximum atomic E-state index is 11.1. The topological polar surface area (TPSA) is 63.8 Å². The molecule has 6 heteroatoms. The van der Waals surface area contributed by atoms with Crippen molar-refractivity contribution in [3.05, 3.63) is 57.4 Å². The van der Waals surface area contributed by atoms with E-state index in [1.54, 1.807) is 10.6 Å². The highest BCUT2D eigenvalue weighted by Gasteiger charge is 2.17. The lowest BCUT2D eigenvalue weighted by atomic mass is 9.87. The van der Waals surface area contributed by atoms with E-state index in [4.69, 9.17) is 4.74 Å². The maximum Gasteiger partial charge on any atom is 0.222 e. The van der Waals surface area contributed by atoms with Gasteiger partial charge in [0.05, 0.1) is 12.1 Å². The van der Waals surface area contributed by atoms with Gasteiger partial charge in [-0.05, 0) is 52.9 Å². The minimum absolute atomic E-state index is 0.0741. The third-order valence-corrected chi connectivity index (χ3v) is 5.07. The number of nitrogens with zero attached hydrogens (tertiary/aromatic N) is 2. The second kappa shape index (κ2) is 7.72. The molecule has 5 nitrogen and oxygen atoms in total. The summed E-state index contributed by atoms with van der Waals surface area (Å²) in [6.45, 7) is 7.57. The Morgan fingerprint density at radius 1 is 1.15 bits per heavy atom. The molecule has 0 unspecified atom stereocenters. The van der Waals surface area contributed by atoms with Crippen molar-refractivity contribution in [1.82, 2.24) is 4.57 Å². The number of aromatic nitrogens is 1. The largest absolute Gasteiger partial charge is 0.494 e. The van der Waals surface area contributed by atoms with Crippen LogP contribution in [0.25, 0.3) is 10.9 Å². The van der Waals surface area contributed by atoms with E-state index in [0.29, 0.717) is 25.0 Å². The second-order valence-corrected chi connectivity index (χ2v) is 8.47.